The molecule has 3 unspecified atom stereocenters. The first-order valence-electron chi connectivity index (χ1n) is 14.1. The molecule has 0 aliphatic heterocycles. The van der Waals surface area contributed by atoms with Crippen molar-refractivity contribution in [3.8, 4) is 17.2 Å². The lowest BCUT2D eigenvalue weighted by molar-refractivity contribution is -0.150. The summed E-state index contributed by atoms with van der Waals surface area (Å²) in [4.78, 5) is 22.2. The van der Waals surface area contributed by atoms with Crippen molar-refractivity contribution in [2.45, 2.75) is 85.9 Å². The fraction of sp³-hybridized carbons (Fsp3) is 0.562. The fourth-order valence-electron chi connectivity index (χ4n) is 5.02. The van der Waals surface area contributed by atoms with Crippen LogP contribution in [-0.2, 0) is 20.9 Å². The summed E-state index contributed by atoms with van der Waals surface area (Å²) in [5.41, 5.74) is 0.947. The van der Waals surface area contributed by atoms with E-state index in [1.165, 1.54) is 13.3 Å². The van der Waals surface area contributed by atoms with Gasteiger partial charge in [0.05, 0.1) is 23.7 Å². The fourth-order valence-corrected chi connectivity index (χ4v) is 5.56. The molecule has 1 aliphatic carbocycles. The number of carbonyl (C=O) groups is 2. The molecule has 1 fully saturated rings. The van der Waals surface area contributed by atoms with E-state index < -0.39 is 17.5 Å². The summed E-state index contributed by atoms with van der Waals surface area (Å²) in [5, 5.41) is 20.0. The highest BCUT2D eigenvalue weighted by Crippen LogP contribution is 2.45. The van der Waals surface area contributed by atoms with Crippen LogP contribution in [0, 0.1) is 17.3 Å². The lowest BCUT2D eigenvalue weighted by Crippen LogP contribution is -2.31. The van der Waals surface area contributed by atoms with Gasteiger partial charge in [-0.25, -0.2) is 0 Å². The van der Waals surface area contributed by atoms with Gasteiger partial charge in [-0.3, -0.25) is 9.59 Å². The molecule has 42 heavy (non-hydrogen) atoms. The molecule has 3 rings (SSSR count). The normalized spacial score (nSPS) is 18.2. The van der Waals surface area contributed by atoms with Crippen molar-refractivity contribution in [2.75, 3.05) is 13.5 Å². The van der Waals surface area contributed by atoms with Gasteiger partial charge in [0, 0.05) is 41.0 Å². The molecule has 0 spiro atoms. The number of halogens is 3. The first-order chi connectivity index (χ1) is 19.8. The zero-order valence-electron chi connectivity index (χ0n) is 25.6. The monoisotopic (exact) mass is 690 g/mol. The second kappa shape index (κ2) is 18.6. The van der Waals surface area contributed by atoms with Gasteiger partial charge in [0.15, 0.2) is 0 Å². The van der Waals surface area contributed by atoms with Crippen molar-refractivity contribution in [1.29, 1.82) is 0 Å². The third-order valence-corrected chi connectivity index (χ3v) is 8.49. The Balaban J connectivity index is 0.000000524. The van der Waals surface area contributed by atoms with E-state index in [4.69, 9.17) is 30.9 Å². The summed E-state index contributed by atoms with van der Waals surface area (Å²) in [6, 6.07) is 8.65. The van der Waals surface area contributed by atoms with Crippen molar-refractivity contribution < 1.29 is 34.0 Å². The average Bonchev–Trinajstić information content (AvgIpc) is 3.32. The molecule has 0 saturated heterocycles. The predicted molar refractivity (Wildman–Crippen MR) is 172 cm³/mol. The maximum atomic E-state index is 11.2. The van der Waals surface area contributed by atoms with Crippen molar-refractivity contribution in [2.24, 2.45) is 17.3 Å². The predicted octanol–water partition coefficient (Wildman–Crippen LogP) is 9.58. The molecule has 1 saturated carbocycles. The number of carboxylic acids is 1. The minimum Gasteiger partial charge on any atom is -0.496 e. The maximum absolute atomic E-state index is 11.2. The summed E-state index contributed by atoms with van der Waals surface area (Å²) < 4.78 is 17.2. The van der Waals surface area contributed by atoms with Crippen molar-refractivity contribution in [3.05, 3.63) is 51.0 Å². The van der Waals surface area contributed by atoms with Gasteiger partial charge in [0.25, 0.3) is 0 Å². The summed E-state index contributed by atoms with van der Waals surface area (Å²) in [7, 11) is 1.55. The lowest BCUT2D eigenvalue weighted by atomic mass is 9.78. The molecule has 10 heteroatoms. The van der Waals surface area contributed by atoms with Crippen molar-refractivity contribution in [3.63, 3.8) is 0 Å². The van der Waals surface area contributed by atoms with Crippen LogP contribution in [0.5, 0.6) is 17.2 Å². The molecule has 236 valence electrons. The lowest BCUT2D eigenvalue weighted by Gasteiger charge is -2.26. The Morgan fingerprint density at radius 1 is 1.17 bits per heavy atom. The Morgan fingerprint density at radius 2 is 1.83 bits per heavy atom. The minimum atomic E-state index is -0.620. The SMILES string of the molecule is CCCC1CCCC1(C)C(=O)O.CCl.COc1cc(Oc2cc(Cl)c(Br)cc2COC(C)=O)ccc1C(O)CC(C)C. The molecule has 0 aromatic heterocycles. The molecule has 3 atom stereocenters. The Morgan fingerprint density at radius 3 is 2.38 bits per heavy atom. The van der Waals surface area contributed by atoms with Crippen LogP contribution in [0.1, 0.15) is 90.4 Å². The van der Waals surface area contributed by atoms with E-state index >= 15 is 0 Å². The van der Waals surface area contributed by atoms with Gasteiger partial charge in [0.2, 0.25) is 0 Å². The molecule has 1 aliphatic rings. The number of alkyl halides is 1. The van der Waals surface area contributed by atoms with E-state index in [2.05, 4.69) is 48.3 Å². The number of benzene rings is 2. The van der Waals surface area contributed by atoms with Crippen molar-refractivity contribution in [1.82, 2.24) is 0 Å². The molecule has 0 radical (unpaired) electrons. The van der Waals surface area contributed by atoms with Crippen LogP contribution in [0.15, 0.2) is 34.8 Å². The highest BCUT2D eigenvalue weighted by Gasteiger charge is 2.44. The van der Waals surface area contributed by atoms with E-state index in [9.17, 15) is 14.7 Å². The van der Waals surface area contributed by atoms with Crippen LogP contribution in [0.25, 0.3) is 0 Å². The summed E-state index contributed by atoms with van der Waals surface area (Å²) in [5.74, 6) is 1.30. The molecule has 2 aromatic rings. The summed E-state index contributed by atoms with van der Waals surface area (Å²) >= 11 is 14.2. The Labute approximate surface area is 269 Å². The van der Waals surface area contributed by atoms with Crippen molar-refractivity contribution >= 4 is 51.1 Å². The molecule has 0 amide bonds. The number of methoxy groups -OCH3 is 1. The van der Waals surface area contributed by atoms with Gasteiger partial charge < -0.3 is 24.4 Å². The molecule has 2 N–H and O–H groups in total. The highest BCUT2D eigenvalue weighted by molar-refractivity contribution is 9.10. The van der Waals surface area contributed by atoms with E-state index in [1.807, 2.05) is 6.92 Å². The quantitative estimate of drug-likeness (QED) is 0.179. The number of carboxylic acid groups (broad SMARTS) is 1. The van der Waals surface area contributed by atoms with Crippen LogP contribution in [0.2, 0.25) is 5.02 Å². The maximum Gasteiger partial charge on any atom is 0.309 e. The van der Waals surface area contributed by atoms with Crippen LogP contribution in [-0.4, -0.2) is 35.6 Å². The number of hydrogen-bond acceptors (Lipinski definition) is 6. The second-order valence-corrected chi connectivity index (χ2v) is 12.2. The second-order valence-electron chi connectivity index (χ2n) is 10.9. The molecular weight excluding hydrogens is 647 g/mol. The van der Waals surface area contributed by atoms with Crippen LogP contribution < -0.4 is 9.47 Å². The molecule has 0 heterocycles. The number of carbonyl (C=O) groups excluding carboxylic acids is 1. The number of aliphatic hydroxyl groups is 1. The smallest absolute Gasteiger partial charge is 0.309 e. The van der Waals surface area contributed by atoms with Gasteiger partial charge in [-0.05, 0) is 78.6 Å². The number of aliphatic hydroxyl groups excluding tert-OH is 1. The van der Waals surface area contributed by atoms with Crippen LogP contribution in [0.4, 0.5) is 0 Å². The van der Waals surface area contributed by atoms with E-state index in [1.54, 1.807) is 37.4 Å². The first-order valence-corrected chi connectivity index (χ1v) is 16.0. The molecular formula is C32H45BrCl2O7. The Hall–Kier alpha value is -2.00. The number of hydrogen-bond donors (Lipinski definition) is 2. The van der Waals surface area contributed by atoms with Gasteiger partial charge in [-0.1, -0.05) is 45.2 Å². The Bertz CT molecular complexity index is 1160. The minimum absolute atomic E-state index is 0.0583. The average molecular weight is 693 g/mol. The Kier molecular flexibility index (Phi) is 16.9. The van der Waals surface area contributed by atoms with Gasteiger partial charge in [0.1, 0.15) is 23.9 Å². The van der Waals surface area contributed by atoms with Gasteiger partial charge >= 0.3 is 11.9 Å². The van der Waals surface area contributed by atoms with Crippen LogP contribution in [0.3, 0.4) is 0 Å². The van der Waals surface area contributed by atoms with Crippen LogP contribution >= 0.6 is 39.1 Å². The zero-order valence-corrected chi connectivity index (χ0v) is 28.7. The topological polar surface area (TPSA) is 102 Å². The highest BCUT2D eigenvalue weighted by atomic mass is 79.9. The molecule has 0 bridgehead atoms. The molecule has 2 aromatic carbocycles. The first kappa shape index (κ1) is 38.0. The largest absolute Gasteiger partial charge is 0.496 e. The standard InChI is InChI=1S/C21H24BrClO5.C10H18O2.CH3Cl/c1-12(2)7-19(25)16-6-5-15(9-21(16)26-4)28-20-10-18(23)17(22)8-14(20)11-27-13(3)24;1-3-5-8-6-4-7-10(8,2)9(11)12;1-2/h5-6,8-10,12,19,25H,7,11H2,1-4H3;8H,3-7H2,1-2H3,(H,11,12);1H3. The third kappa shape index (κ3) is 11.3. The third-order valence-electron chi connectivity index (χ3n) is 7.30. The summed E-state index contributed by atoms with van der Waals surface area (Å²) in [6.45, 7) is 9.54. The zero-order chi connectivity index (χ0) is 32.0. The molecule has 7 nitrogen and oxygen atoms in total. The van der Waals surface area contributed by atoms with Gasteiger partial charge in [-0.15, -0.1) is 11.6 Å². The van der Waals surface area contributed by atoms with E-state index in [0.29, 0.717) is 56.1 Å². The number of rotatable bonds is 11. The summed E-state index contributed by atoms with van der Waals surface area (Å²) in [6.07, 6.45) is 6.73. The number of ether oxygens (including phenoxy) is 3. The van der Waals surface area contributed by atoms with E-state index in [0.717, 1.165) is 32.1 Å². The van der Waals surface area contributed by atoms with E-state index in [-0.39, 0.29) is 12.6 Å². The number of esters is 1. The van der Waals surface area contributed by atoms with Gasteiger partial charge in [-0.2, -0.15) is 0 Å². The number of aliphatic carboxylic acids is 1.